The third-order valence-electron chi connectivity index (χ3n) is 5.25. The van der Waals surface area contributed by atoms with E-state index in [4.69, 9.17) is 0 Å². The summed E-state index contributed by atoms with van der Waals surface area (Å²) in [4.78, 5) is 39.3. The summed E-state index contributed by atoms with van der Waals surface area (Å²) in [5.41, 5.74) is 2.64. The molecule has 160 valence electrons. The van der Waals surface area contributed by atoms with E-state index in [1.54, 1.807) is 0 Å². The lowest BCUT2D eigenvalue weighted by Gasteiger charge is -2.13. The maximum Gasteiger partial charge on any atom is 0.280 e. The predicted molar refractivity (Wildman–Crippen MR) is 121 cm³/mol. The summed E-state index contributed by atoms with van der Waals surface area (Å²) in [7, 11) is 0. The topological polar surface area (TPSA) is 93.1 Å². The number of amides is 2. The number of rotatable bonds is 5. The largest absolute Gasteiger partial charge is 0.352 e. The summed E-state index contributed by atoms with van der Waals surface area (Å²) < 4.78 is 1.51. The summed E-state index contributed by atoms with van der Waals surface area (Å²) in [6.07, 6.45) is 5.34. The number of nitrogens with one attached hydrogen (secondary N) is 2. The second kappa shape index (κ2) is 8.85. The minimum atomic E-state index is -0.615. The van der Waals surface area contributed by atoms with Crippen LogP contribution in [0.3, 0.4) is 0 Å². The highest BCUT2D eigenvalue weighted by Crippen LogP contribution is 2.38. The van der Waals surface area contributed by atoms with Gasteiger partial charge in [-0.2, -0.15) is 5.10 Å². The third-order valence-corrected chi connectivity index (χ3v) is 6.46. The van der Waals surface area contributed by atoms with Crippen molar-refractivity contribution in [2.24, 2.45) is 0 Å². The van der Waals surface area contributed by atoms with Gasteiger partial charge in [0.2, 0.25) is 5.43 Å². The normalized spacial score (nSPS) is 12.8. The number of anilines is 1. The van der Waals surface area contributed by atoms with Gasteiger partial charge in [-0.05, 0) is 62.8 Å². The van der Waals surface area contributed by atoms with Gasteiger partial charge in [0.25, 0.3) is 11.8 Å². The zero-order chi connectivity index (χ0) is 22.0. The van der Waals surface area contributed by atoms with E-state index in [1.807, 2.05) is 38.1 Å². The van der Waals surface area contributed by atoms with Gasteiger partial charge in [0.05, 0.1) is 11.3 Å². The first-order valence-electron chi connectivity index (χ1n) is 10.4. The highest BCUT2D eigenvalue weighted by atomic mass is 32.1. The van der Waals surface area contributed by atoms with Crippen molar-refractivity contribution in [1.82, 2.24) is 15.1 Å². The zero-order valence-electron chi connectivity index (χ0n) is 17.5. The second-order valence-corrected chi connectivity index (χ2v) is 8.65. The summed E-state index contributed by atoms with van der Waals surface area (Å²) >= 11 is 1.42. The minimum absolute atomic E-state index is 0.199. The first kappa shape index (κ1) is 21.0. The lowest BCUT2D eigenvalue weighted by molar-refractivity contribution is 0.0956. The molecule has 1 aliphatic rings. The van der Waals surface area contributed by atoms with Crippen LogP contribution in [0.5, 0.6) is 0 Å². The highest BCUT2D eigenvalue weighted by molar-refractivity contribution is 7.17. The summed E-state index contributed by atoms with van der Waals surface area (Å²) in [5.74, 6) is -0.813. The van der Waals surface area contributed by atoms with Gasteiger partial charge in [0.15, 0.2) is 5.69 Å². The van der Waals surface area contributed by atoms with Crippen LogP contribution in [-0.4, -0.2) is 28.1 Å². The molecule has 4 rings (SSSR count). The van der Waals surface area contributed by atoms with Crippen molar-refractivity contribution in [2.45, 2.75) is 39.5 Å². The van der Waals surface area contributed by atoms with Crippen LogP contribution in [0.4, 0.5) is 5.00 Å². The van der Waals surface area contributed by atoms with Crippen LogP contribution in [0.25, 0.3) is 5.69 Å². The lowest BCUT2D eigenvalue weighted by Crippen LogP contribution is -2.28. The predicted octanol–water partition coefficient (Wildman–Crippen LogP) is 3.48. The van der Waals surface area contributed by atoms with Crippen molar-refractivity contribution >= 4 is 28.2 Å². The van der Waals surface area contributed by atoms with Crippen LogP contribution in [0.2, 0.25) is 0 Å². The Kier molecular flexibility index (Phi) is 5.99. The van der Waals surface area contributed by atoms with Crippen LogP contribution >= 0.6 is 11.3 Å². The first-order chi connectivity index (χ1) is 15.0. The SMILES string of the molecule is CCNC(=O)c1c(NC(=O)c2nn(-c3cccc(C)c3)ccc2=O)sc2c1CCCC2. The smallest absolute Gasteiger partial charge is 0.280 e. The Morgan fingerprint density at radius 1 is 1.16 bits per heavy atom. The van der Waals surface area contributed by atoms with E-state index in [0.29, 0.717) is 17.1 Å². The fourth-order valence-corrected chi connectivity index (χ4v) is 5.07. The quantitative estimate of drug-likeness (QED) is 0.640. The molecule has 0 radical (unpaired) electrons. The molecule has 0 unspecified atom stereocenters. The minimum Gasteiger partial charge on any atom is -0.352 e. The van der Waals surface area contributed by atoms with Gasteiger partial charge in [-0.3, -0.25) is 14.4 Å². The average Bonchev–Trinajstić information content (AvgIpc) is 3.12. The van der Waals surface area contributed by atoms with E-state index in [9.17, 15) is 14.4 Å². The van der Waals surface area contributed by atoms with E-state index >= 15 is 0 Å². The van der Waals surface area contributed by atoms with Crippen LogP contribution in [0.15, 0.2) is 41.3 Å². The number of benzene rings is 1. The van der Waals surface area contributed by atoms with Crippen molar-refractivity contribution in [3.63, 3.8) is 0 Å². The molecule has 0 saturated carbocycles. The molecule has 1 aromatic carbocycles. The van der Waals surface area contributed by atoms with Crippen molar-refractivity contribution < 1.29 is 9.59 Å². The molecule has 8 heteroatoms. The molecule has 1 aliphatic carbocycles. The number of nitrogens with zero attached hydrogens (tertiary/aromatic N) is 2. The van der Waals surface area contributed by atoms with E-state index in [2.05, 4.69) is 15.7 Å². The molecule has 0 saturated heterocycles. The number of thiophene rings is 1. The Labute approximate surface area is 184 Å². The molecule has 3 aromatic rings. The van der Waals surface area contributed by atoms with Crippen molar-refractivity contribution in [3.8, 4) is 5.69 Å². The van der Waals surface area contributed by atoms with Gasteiger partial charge in [-0.15, -0.1) is 11.3 Å². The van der Waals surface area contributed by atoms with Crippen LogP contribution in [-0.2, 0) is 12.8 Å². The Morgan fingerprint density at radius 3 is 2.74 bits per heavy atom. The molecule has 2 N–H and O–H groups in total. The lowest BCUT2D eigenvalue weighted by atomic mass is 9.95. The van der Waals surface area contributed by atoms with Crippen LogP contribution in [0, 0.1) is 6.92 Å². The molecule has 0 spiro atoms. The van der Waals surface area contributed by atoms with Gasteiger partial charge in [0.1, 0.15) is 5.00 Å². The second-order valence-electron chi connectivity index (χ2n) is 7.54. The van der Waals surface area contributed by atoms with Crippen LogP contribution in [0.1, 0.15) is 56.6 Å². The number of hydrogen-bond acceptors (Lipinski definition) is 5. The van der Waals surface area contributed by atoms with Crippen molar-refractivity contribution in [3.05, 3.63) is 74.0 Å². The van der Waals surface area contributed by atoms with Crippen molar-refractivity contribution in [2.75, 3.05) is 11.9 Å². The molecular weight excluding hydrogens is 412 g/mol. The average molecular weight is 437 g/mol. The zero-order valence-corrected chi connectivity index (χ0v) is 18.3. The molecule has 2 heterocycles. The molecule has 0 atom stereocenters. The molecule has 0 aliphatic heterocycles. The van der Waals surface area contributed by atoms with Gasteiger partial charge < -0.3 is 10.6 Å². The van der Waals surface area contributed by atoms with Gasteiger partial charge in [-0.1, -0.05) is 12.1 Å². The molecular formula is C23H24N4O3S. The third kappa shape index (κ3) is 4.29. The molecule has 2 aromatic heterocycles. The summed E-state index contributed by atoms with van der Waals surface area (Å²) in [6.45, 7) is 4.32. The van der Waals surface area contributed by atoms with E-state index in [1.165, 1.54) is 28.3 Å². The van der Waals surface area contributed by atoms with E-state index in [-0.39, 0.29) is 11.6 Å². The Bertz CT molecular complexity index is 1210. The summed E-state index contributed by atoms with van der Waals surface area (Å²) in [5, 5.41) is 10.4. The maximum atomic E-state index is 13.0. The molecule has 7 nitrogen and oxygen atoms in total. The van der Waals surface area contributed by atoms with Gasteiger partial charge >= 0.3 is 0 Å². The number of carbonyl (C=O) groups is 2. The fraction of sp³-hybridized carbons (Fsp3) is 0.304. The van der Waals surface area contributed by atoms with Gasteiger partial charge in [0, 0.05) is 23.7 Å². The van der Waals surface area contributed by atoms with E-state index < -0.39 is 11.3 Å². The molecule has 0 fully saturated rings. The van der Waals surface area contributed by atoms with Crippen molar-refractivity contribution in [1.29, 1.82) is 0 Å². The highest BCUT2D eigenvalue weighted by Gasteiger charge is 2.27. The van der Waals surface area contributed by atoms with E-state index in [0.717, 1.165) is 47.4 Å². The number of hydrogen-bond donors (Lipinski definition) is 2. The standard InChI is InChI=1S/C23H24N4O3S/c1-3-24-21(29)19-16-9-4-5-10-18(16)31-23(19)25-22(30)20-17(28)11-12-27(26-20)15-8-6-7-14(2)13-15/h6-8,11-13H,3-5,9-10H2,1-2H3,(H,24,29)(H,25,30). The Hall–Kier alpha value is -3.26. The number of carbonyl (C=O) groups excluding carboxylic acids is 2. The first-order valence-corrected chi connectivity index (χ1v) is 11.2. The Balaban J connectivity index is 1.69. The molecule has 31 heavy (non-hydrogen) atoms. The molecule has 2 amide bonds. The number of fused-ring (bicyclic) bond motifs is 1. The number of aryl methyl sites for hydroxylation is 2. The van der Waals surface area contributed by atoms with Crippen LogP contribution < -0.4 is 16.1 Å². The maximum absolute atomic E-state index is 13.0. The Morgan fingerprint density at radius 2 is 1.97 bits per heavy atom. The monoisotopic (exact) mass is 436 g/mol. The fourth-order valence-electron chi connectivity index (χ4n) is 3.78. The van der Waals surface area contributed by atoms with Gasteiger partial charge in [-0.25, -0.2) is 4.68 Å². The summed E-state index contributed by atoms with van der Waals surface area (Å²) in [6, 6.07) is 8.95. The molecule has 0 bridgehead atoms. The number of aromatic nitrogens is 2.